The second-order valence-corrected chi connectivity index (χ2v) is 4.90. The fourth-order valence-electron chi connectivity index (χ4n) is 1.80. The van der Waals surface area contributed by atoms with Gasteiger partial charge in [-0.2, -0.15) is 0 Å². The molecule has 1 saturated heterocycles. The van der Waals surface area contributed by atoms with Gasteiger partial charge in [-0.3, -0.25) is 19.3 Å². The molecule has 5 N–H and O–H groups in total. The number of imide groups is 1. The van der Waals surface area contributed by atoms with Crippen LogP contribution < -0.4 is 16.4 Å². The summed E-state index contributed by atoms with van der Waals surface area (Å²) in [7, 11) is 0. The maximum atomic E-state index is 11.9. The van der Waals surface area contributed by atoms with Crippen molar-refractivity contribution in [2.75, 3.05) is 19.6 Å². The monoisotopic (exact) mass is 300 g/mol. The number of nitrogens with one attached hydrogen (secondary N) is 2. The lowest BCUT2D eigenvalue weighted by molar-refractivity contribution is -0.141. The maximum Gasteiger partial charge on any atom is 0.325 e. The summed E-state index contributed by atoms with van der Waals surface area (Å²) in [6.45, 7) is 1.37. The van der Waals surface area contributed by atoms with Crippen molar-refractivity contribution < 1.29 is 24.3 Å². The summed E-state index contributed by atoms with van der Waals surface area (Å²) >= 11 is 0. The van der Waals surface area contributed by atoms with Crippen LogP contribution in [0.2, 0.25) is 0 Å². The van der Waals surface area contributed by atoms with Crippen LogP contribution in [0.25, 0.3) is 0 Å². The van der Waals surface area contributed by atoms with Crippen LogP contribution in [-0.4, -0.2) is 59.5 Å². The van der Waals surface area contributed by atoms with E-state index in [4.69, 9.17) is 10.8 Å². The maximum absolute atomic E-state index is 11.9. The summed E-state index contributed by atoms with van der Waals surface area (Å²) in [5.41, 5.74) is 5.34. The van der Waals surface area contributed by atoms with Crippen molar-refractivity contribution in [2.45, 2.75) is 25.8 Å². The molecule has 0 aromatic rings. The van der Waals surface area contributed by atoms with Crippen molar-refractivity contribution in [3.63, 3.8) is 0 Å². The third-order valence-electron chi connectivity index (χ3n) is 3.13. The average Bonchev–Trinajstić information content (AvgIpc) is 2.69. The summed E-state index contributed by atoms with van der Waals surface area (Å²) in [5.74, 6) is -2.82. The number of nitrogens with two attached hydrogens (primary N) is 1. The van der Waals surface area contributed by atoms with Crippen LogP contribution in [0, 0.1) is 5.92 Å². The molecule has 9 heteroatoms. The molecule has 118 valence electrons. The van der Waals surface area contributed by atoms with Crippen LogP contribution in [0.1, 0.15) is 19.8 Å². The van der Waals surface area contributed by atoms with Gasteiger partial charge in [-0.15, -0.1) is 0 Å². The van der Waals surface area contributed by atoms with Crippen molar-refractivity contribution in [1.82, 2.24) is 15.5 Å². The molecular formula is C12H20N4O5. The third-order valence-corrected chi connectivity index (χ3v) is 3.13. The Kier molecular flexibility index (Phi) is 6.10. The second-order valence-electron chi connectivity index (χ2n) is 4.90. The molecule has 1 aliphatic heterocycles. The van der Waals surface area contributed by atoms with E-state index >= 15 is 0 Å². The summed E-state index contributed by atoms with van der Waals surface area (Å²) in [6, 6.07) is -1.27. The highest BCUT2D eigenvalue weighted by atomic mass is 16.4. The van der Waals surface area contributed by atoms with Gasteiger partial charge in [-0.05, 0) is 19.4 Å². The van der Waals surface area contributed by atoms with Gasteiger partial charge in [0.05, 0.1) is 5.92 Å². The van der Waals surface area contributed by atoms with Gasteiger partial charge in [0.2, 0.25) is 5.91 Å². The van der Waals surface area contributed by atoms with Crippen LogP contribution in [0.4, 0.5) is 4.79 Å². The molecule has 2 atom stereocenters. The van der Waals surface area contributed by atoms with E-state index in [9.17, 15) is 19.2 Å². The number of hydrogen-bond donors (Lipinski definition) is 4. The average molecular weight is 300 g/mol. The zero-order chi connectivity index (χ0) is 16.0. The van der Waals surface area contributed by atoms with Gasteiger partial charge in [0.15, 0.2) is 0 Å². The molecule has 0 aromatic heterocycles. The number of urea groups is 1. The molecule has 1 heterocycles. The number of carbonyl (C=O) groups is 4. The first-order chi connectivity index (χ1) is 9.86. The molecule has 4 amide bonds. The molecule has 0 aromatic carbocycles. The number of carbonyl (C=O) groups excluding carboxylic acids is 3. The van der Waals surface area contributed by atoms with E-state index in [2.05, 4.69) is 10.6 Å². The number of nitrogens with zero attached hydrogens (tertiary/aromatic N) is 1. The smallest absolute Gasteiger partial charge is 0.325 e. The Balaban J connectivity index is 2.46. The molecule has 1 fully saturated rings. The highest BCUT2D eigenvalue weighted by Gasteiger charge is 2.38. The molecule has 0 saturated carbocycles. The van der Waals surface area contributed by atoms with Crippen LogP contribution >= 0.6 is 0 Å². The van der Waals surface area contributed by atoms with Gasteiger partial charge >= 0.3 is 12.0 Å². The lowest BCUT2D eigenvalue weighted by Crippen LogP contribution is -2.42. The molecular weight excluding hydrogens is 280 g/mol. The molecule has 2 unspecified atom stereocenters. The molecule has 0 aliphatic carbocycles. The fourth-order valence-corrected chi connectivity index (χ4v) is 1.80. The van der Waals surface area contributed by atoms with Crippen molar-refractivity contribution in [3.8, 4) is 0 Å². The Labute approximate surface area is 121 Å². The Morgan fingerprint density at radius 1 is 1.48 bits per heavy atom. The third kappa shape index (κ3) is 4.71. The van der Waals surface area contributed by atoms with Crippen molar-refractivity contribution in [1.29, 1.82) is 0 Å². The van der Waals surface area contributed by atoms with Crippen LogP contribution in [0.5, 0.6) is 0 Å². The minimum Gasteiger partial charge on any atom is -0.481 e. The number of aliphatic carboxylic acids is 1. The van der Waals surface area contributed by atoms with Crippen molar-refractivity contribution >= 4 is 23.8 Å². The number of hydrogen-bond acceptors (Lipinski definition) is 5. The van der Waals surface area contributed by atoms with Gasteiger partial charge in [-0.25, -0.2) is 4.79 Å². The molecule has 9 nitrogen and oxygen atoms in total. The topological polar surface area (TPSA) is 142 Å². The molecule has 1 rings (SSSR count). The quantitative estimate of drug-likeness (QED) is 0.401. The number of carboxylic acids is 1. The Morgan fingerprint density at radius 2 is 2.14 bits per heavy atom. The lowest BCUT2D eigenvalue weighted by Gasteiger charge is -2.14. The highest BCUT2D eigenvalue weighted by molar-refractivity contribution is 6.06. The normalized spacial score (nSPS) is 19.3. The van der Waals surface area contributed by atoms with E-state index in [1.165, 1.54) is 6.92 Å². The second kappa shape index (κ2) is 7.58. The SMILES string of the molecule is CC(CNC(=O)CN1C(=O)NC(CCCN)C1=O)C(=O)O. The van der Waals surface area contributed by atoms with Gasteiger partial charge in [-0.1, -0.05) is 6.92 Å². The van der Waals surface area contributed by atoms with Crippen molar-refractivity contribution in [2.24, 2.45) is 11.7 Å². The predicted molar refractivity (Wildman–Crippen MR) is 72.1 cm³/mol. The number of amides is 4. The van der Waals surface area contributed by atoms with E-state index in [0.717, 1.165) is 4.90 Å². The van der Waals surface area contributed by atoms with E-state index in [0.29, 0.717) is 19.4 Å². The summed E-state index contributed by atoms with van der Waals surface area (Å²) < 4.78 is 0. The minimum atomic E-state index is -1.04. The van der Waals surface area contributed by atoms with E-state index in [1.54, 1.807) is 0 Å². The molecule has 0 bridgehead atoms. The lowest BCUT2D eigenvalue weighted by atomic mass is 10.1. The minimum absolute atomic E-state index is 0.0611. The van der Waals surface area contributed by atoms with E-state index in [1.807, 2.05) is 0 Å². The number of carboxylic acid groups (broad SMARTS) is 1. The molecule has 0 radical (unpaired) electrons. The first-order valence-electron chi connectivity index (χ1n) is 6.68. The Bertz CT molecular complexity index is 439. The van der Waals surface area contributed by atoms with E-state index < -0.39 is 42.3 Å². The standard InChI is InChI=1S/C12H20N4O5/c1-7(11(19)20)5-14-9(17)6-16-10(18)8(3-2-4-13)15-12(16)21/h7-8H,2-6,13H2,1H3,(H,14,17)(H,15,21)(H,19,20). The van der Waals surface area contributed by atoms with Crippen molar-refractivity contribution in [3.05, 3.63) is 0 Å². The predicted octanol–water partition coefficient (Wildman–Crippen LogP) is -1.52. The van der Waals surface area contributed by atoms with Gasteiger partial charge in [0.25, 0.3) is 5.91 Å². The fraction of sp³-hybridized carbons (Fsp3) is 0.667. The molecule has 0 spiro atoms. The molecule has 21 heavy (non-hydrogen) atoms. The highest BCUT2D eigenvalue weighted by Crippen LogP contribution is 2.10. The summed E-state index contributed by atoms with van der Waals surface area (Å²) in [5, 5.41) is 13.6. The van der Waals surface area contributed by atoms with Crippen LogP contribution in [0.15, 0.2) is 0 Å². The van der Waals surface area contributed by atoms with Gasteiger partial charge in [0, 0.05) is 6.54 Å². The van der Waals surface area contributed by atoms with E-state index in [-0.39, 0.29) is 6.54 Å². The largest absolute Gasteiger partial charge is 0.481 e. The first-order valence-corrected chi connectivity index (χ1v) is 6.68. The first kappa shape index (κ1) is 16.9. The zero-order valence-corrected chi connectivity index (χ0v) is 11.8. The van der Waals surface area contributed by atoms with Crippen LogP contribution in [-0.2, 0) is 14.4 Å². The summed E-state index contributed by atoms with van der Waals surface area (Å²) in [6.07, 6.45) is 1.02. The van der Waals surface area contributed by atoms with Gasteiger partial charge in [0.1, 0.15) is 12.6 Å². The van der Waals surface area contributed by atoms with Crippen LogP contribution in [0.3, 0.4) is 0 Å². The van der Waals surface area contributed by atoms with Gasteiger partial charge < -0.3 is 21.5 Å². The number of rotatable bonds is 8. The zero-order valence-electron chi connectivity index (χ0n) is 11.8. The Hall–Kier alpha value is -2.16. The molecule has 1 aliphatic rings. The summed E-state index contributed by atoms with van der Waals surface area (Å²) in [4.78, 5) is 46.6. The Morgan fingerprint density at radius 3 is 2.71 bits per heavy atom.